The molecule has 0 saturated heterocycles. The van der Waals surface area contributed by atoms with Crippen molar-refractivity contribution in [1.82, 2.24) is 5.32 Å². The monoisotopic (exact) mass is 421 g/mol. The van der Waals surface area contributed by atoms with Crippen molar-refractivity contribution in [3.63, 3.8) is 0 Å². The summed E-state index contributed by atoms with van der Waals surface area (Å²) >= 11 is 6.42. The van der Waals surface area contributed by atoms with Gasteiger partial charge in [0, 0.05) is 13.1 Å². The van der Waals surface area contributed by atoms with Crippen molar-refractivity contribution in [2.45, 2.75) is 19.7 Å². The Morgan fingerprint density at radius 2 is 1.57 bits per heavy atom. The number of ether oxygens (including phenoxy) is 2. The largest absolute Gasteiger partial charge is 0.493 e. The van der Waals surface area contributed by atoms with E-state index < -0.39 is 0 Å². The van der Waals surface area contributed by atoms with Gasteiger partial charge in [-0.05, 0) is 41.0 Å². The lowest BCUT2D eigenvalue weighted by Gasteiger charge is -2.15. The van der Waals surface area contributed by atoms with Crippen LogP contribution in [0.3, 0.4) is 0 Å². The highest BCUT2D eigenvalue weighted by molar-refractivity contribution is 6.32. The minimum absolute atomic E-state index is 0. The molecule has 0 spiro atoms. The first kappa shape index (κ1) is 22.0. The van der Waals surface area contributed by atoms with E-state index in [-0.39, 0.29) is 18.2 Å². The highest BCUT2D eigenvalue weighted by Gasteiger charge is 2.12. The summed E-state index contributed by atoms with van der Waals surface area (Å²) in [5.74, 6) is 0.892. The van der Waals surface area contributed by atoms with Crippen molar-refractivity contribution in [2.24, 2.45) is 0 Å². The molecule has 1 N–H and O–H groups in total. The molecule has 3 aromatic rings. The molecule has 6 heteroatoms. The van der Waals surface area contributed by atoms with Crippen LogP contribution < -0.4 is 14.8 Å². The third kappa shape index (κ3) is 6.13. The Hall–Kier alpha value is -2.27. The zero-order chi connectivity index (χ0) is 19.1. The molecule has 0 radical (unpaired) electrons. The van der Waals surface area contributed by atoms with Crippen molar-refractivity contribution in [3.8, 4) is 11.5 Å². The second kappa shape index (κ2) is 10.9. The Kier molecular flexibility index (Phi) is 8.58. The standard InChI is InChI=1S/C22H21ClFNO2.ClH/c1-26-21-12-18(14-25-13-16-7-9-19(24)10-8-16)11-20(23)22(21)27-15-17-5-3-2-4-6-17;/h2-12,25H,13-15H2,1H3;1H. The van der Waals surface area contributed by atoms with Crippen LogP contribution in [0.1, 0.15) is 16.7 Å². The molecule has 0 amide bonds. The maximum absolute atomic E-state index is 12.9. The first-order valence-corrected chi connectivity index (χ1v) is 9.02. The van der Waals surface area contributed by atoms with Gasteiger partial charge in [-0.3, -0.25) is 0 Å². The zero-order valence-electron chi connectivity index (χ0n) is 15.5. The van der Waals surface area contributed by atoms with Crippen LogP contribution in [-0.2, 0) is 19.7 Å². The van der Waals surface area contributed by atoms with Gasteiger partial charge in [0.15, 0.2) is 11.5 Å². The van der Waals surface area contributed by atoms with Gasteiger partial charge in [0.25, 0.3) is 0 Å². The van der Waals surface area contributed by atoms with Crippen LogP contribution in [0.25, 0.3) is 0 Å². The maximum atomic E-state index is 12.9. The molecule has 0 heterocycles. The average molecular weight is 422 g/mol. The molecule has 0 fully saturated rings. The van der Waals surface area contributed by atoms with E-state index in [1.54, 1.807) is 19.2 Å². The molecule has 148 valence electrons. The predicted octanol–water partition coefficient (Wildman–Crippen LogP) is 5.78. The van der Waals surface area contributed by atoms with Crippen LogP contribution in [0.5, 0.6) is 11.5 Å². The van der Waals surface area contributed by atoms with Gasteiger partial charge in [0.1, 0.15) is 12.4 Å². The lowest BCUT2D eigenvalue weighted by Crippen LogP contribution is -2.13. The van der Waals surface area contributed by atoms with Crippen molar-refractivity contribution in [3.05, 3.63) is 94.3 Å². The topological polar surface area (TPSA) is 30.5 Å². The van der Waals surface area contributed by atoms with E-state index in [2.05, 4.69) is 5.32 Å². The molecule has 0 aliphatic rings. The Bertz CT molecular complexity index is 874. The summed E-state index contributed by atoms with van der Waals surface area (Å²) in [6.07, 6.45) is 0. The van der Waals surface area contributed by atoms with Gasteiger partial charge in [-0.2, -0.15) is 0 Å². The third-order valence-electron chi connectivity index (χ3n) is 4.09. The molecule has 0 aromatic heterocycles. The summed E-state index contributed by atoms with van der Waals surface area (Å²) in [7, 11) is 1.59. The summed E-state index contributed by atoms with van der Waals surface area (Å²) < 4.78 is 24.3. The fourth-order valence-corrected chi connectivity index (χ4v) is 2.99. The molecule has 3 aromatic carbocycles. The van der Waals surface area contributed by atoms with Crippen molar-refractivity contribution in [2.75, 3.05) is 7.11 Å². The quantitative estimate of drug-likeness (QED) is 0.499. The van der Waals surface area contributed by atoms with Crippen LogP contribution in [0.4, 0.5) is 4.39 Å². The van der Waals surface area contributed by atoms with Crippen molar-refractivity contribution in [1.29, 1.82) is 0 Å². The average Bonchev–Trinajstić information content (AvgIpc) is 2.69. The van der Waals surface area contributed by atoms with E-state index >= 15 is 0 Å². The van der Waals surface area contributed by atoms with Crippen LogP contribution in [0, 0.1) is 5.82 Å². The zero-order valence-corrected chi connectivity index (χ0v) is 17.0. The van der Waals surface area contributed by atoms with Gasteiger partial charge >= 0.3 is 0 Å². The molecule has 0 bridgehead atoms. The maximum Gasteiger partial charge on any atom is 0.180 e. The first-order chi connectivity index (χ1) is 13.2. The van der Waals surface area contributed by atoms with Gasteiger partial charge in [0.05, 0.1) is 12.1 Å². The Labute approximate surface area is 175 Å². The minimum atomic E-state index is -0.235. The van der Waals surface area contributed by atoms with Gasteiger partial charge in [-0.1, -0.05) is 54.1 Å². The smallest absolute Gasteiger partial charge is 0.180 e. The molecule has 0 saturated carbocycles. The molecular weight excluding hydrogens is 400 g/mol. The SMILES string of the molecule is COc1cc(CNCc2ccc(F)cc2)cc(Cl)c1OCc1ccccc1.Cl. The normalized spacial score (nSPS) is 10.2. The van der Waals surface area contributed by atoms with Crippen LogP contribution in [0.15, 0.2) is 66.7 Å². The molecule has 3 nitrogen and oxygen atoms in total. The first-order valence-electron chi connectivity index (χ1n) is 8.64. The van der Waals surface area contributed by atoms with E-state index in [4.69, 9.17) is 21.1 Å². The lowest BCUT2D eigenvalue weighted by atomic mass is 10.1. The molecular formula is C22H22Cl2FNO2. The molecule has 3 rings (SSSR count). The van der Waals surface area contributed by atoms with Gasteiger partial charge < -0.3 is 14.8 Å². The van der Waals surface area contributed by atoms with E-state index in [1.165, 1.54) is 12.1 Å². The Balaban J connectivity index is 0.00000280. The van der Waals surface area contributed by atoms with E-state index in [0.717, 1.165) is 16.7 Å². The fraction of sp³-hybridized carbons (Fsp3) is 0.182. The van der Waals surface area contributed by atoms with Crippen LogP contribution in [-0.4, -0.2) is 7.11 Å². The number of methoxy groups -OCH3 is 1. The Morgan fingerprint density at radius 3 is 2.25 bits per heavy atom. The predicted molar refractivity (Wildman–Crippen MR) is 113 cm³/mol. The van der Waals surface area contributed by atoms with Gasteiger partial charge in [-0.25, -0.2) is 4.39 Å². The molecule has 28 heavy (non-hydrogen) atoms. The Morgan fingerprint density at radius 1 is 0.893 bits per heavy atom. The number of hydrogen-bond donors (Lipinski definition) is 1. The molecule has 0 atom stereocenters. The lowest BCUT2D eigenvalue weighted by molar-refractivity contribution is 0.284. The second-order valence-corrected chi connectivity index (χ2v) is 6.52. The fourth-order valence-electron chi connectivity index (χ4n) is 2.70. The van der Waals surface area contributed by atoms with Crippen molar-refractivity contribution < 1.29 is 13.9 Å². The highest BCUT2D eigenvalue weighted by Crippen LogP contribution is 2.37. The van der Waals surface area contributed by atoms with E-state index in [0.29, 0.717) is 36.2 Å². The van der Waals surface area contributed by atoms with Crippen molar-refractivity contribution >= 4 is 24.0 Å². The highest BCUT2D eigenvalue weighted by atomic mass is 35.5. The summed E-state index contributed by atoms with van der Waals surface area (Å²) in [5.41, 5.74) is 3.05. The molecule has 0 aliphatic carbocycles. The third-order valence-corrected chi connectivity index (χ3v) is 4.37. The summed E-state index contributed by atoms with van der Waals surface area (Å²) in [6.45, 7) is 1.65. The number of halogens is 3. The second-order valence-electron chi connectivity index (χ2n) is 6.11. The van der Waals surface area contributed by atoms with E-state index in [9.17, 15) is 4.39 Å². The summed E-state index contributed by atoms with van der Waals surface area (Å²) in [5, 5.41) is 3.82. The summed E-state index contributed by atoms with van der Waals surface area (Å²) in [4.78, 5) is 0. The minimum Gasteiger partial charge on any atom is -0.493 e. The summed E-state index contributed by atoms with van der Waals surface area (Å²) in [6, 6.07) is 20.1. The van der Waals surface area contributed by atoms with Gasteiger partial charge in [0.2, 0.25) is 0 Å². The van der Waals surface area contributed by atoms with Gasteiger partial charge in [-0.15, -0.1) is 12.4 Å². The number of rotatable bonds is 8. The number of nitrogens with one attached hydrogen (secondary N) is 1. The van der Waals surface area contributed by atoms with Crippen LogP contribution in [0.2, 0.25) is 5.02 Å². The number of benzene rings is 3. The van der Waals surface area contributed by atoms with E-state index in [1.807, 2.05) is 42.5 Å². The molecule has 0 unspecified atom stereocenters. The van der Waals surface area contributed by atoms with Crippen LogP contribution >= 0.6 is 24.0 Å². The number of hydrogen-bond acceptors (Lipinski definition) is 3. The molecule has 0 aliphatic heterocycles.